The smallest absolute Gasteiger partial charge is 0.277 e. The molecule has 0 aliphatic carbocycles. The first-order chi connectivity index (χ1) is 11.6. The maximum atomic E-state index is 12.6. The van der Waals surface area contributed by atoms with E-state index in [0.29, 0.717) is 11.6 Å². The second kappa shape index (κ2) is 7.72. The van der Waals surface area contributed by atoms with Crippen molar-refractivity contribution in [3.63, 3.8) is 0 Å². The first-order valence-electron chi connectivity index (χ1n) is 8.15. The van der Waals surface area contributed by atoms with Gasteiger partial charge in [0.15, 0.2) is 5.69 Å². The first-order valence-corrected chi connectivity index (χ1v) is 8.96. The average Bonchev–Trinajstić information content (AvgIpc) is 2.95. The fourth-order valence-corrected chi connectivity index (χ4v) is 3.52. The molecule has 0 unspecified atom stereocenters. The van der Waals surface area contributed by atoms with Gasteiger partial charge in [-0.15, -0.1) is 11.3 Å². The van der Waals surface area contributed by atoms with Crippen molar-refractivity contribution in [2.24, 2.45) is 5.92 Å². The average molecular weight is 346 g/mol. The molecule has 0 atom stereocenters. The minimum atomic E-state index is -0.195. The van der Waals surface area contributed by atoms with E-state index in [1.165, 1.54) is 11.3 Å². The zero-order valence-electron chi connectivity index (χ0n) is 14.0. The number of anilines is 2. The topological polar surface area (TPSA) is 76.1 Å². The summed E-state index contributed by atoms with van der Waals surface area (Å²) >= 11 is 1.52. The molecule has 3 rings (SSSR count). The van der Waals surface area contributed by atoms with Crippen LogP contribution < -0.4 is 10.6 Å². The number of nitrogens with one attached hydrogen (secondary N) is 2. The molecule has 2 aromatic heterocycles. The van der Waals surface area contributed by atoms with Crippen molar-refractivity contribution in [1.29, 1.82) is 0 Å². The van der Waals surface area contributed by atoms with Crippen LogP contribution in [-0.4, -0.2) is 35.6 Å². The summed E-state index contributed by atoms with van der Waals surface area (Å²) in [6.07, 6.45) is 3.80. The van der Waals surface area contributed by atoms with Crippen LogP contribution in [0.1, 0.15) is 34.0 Å². The molecule has 7 heteroatoms. The quantitative estimate of drug-likeness (QED) is 0.869. The number of hydrogen-bond donors (Lipinski definition) is 2. The van der Waals surface area contributed by atoms with Gasteiger partial charge in [0.1, 0.15) is 5.00 Å². The van der Waals surface area contributed by atoms with E-state index in [0.717, 1.165) is 54.0 Å². The van der Waals surface area contributed by atoms with Gasteiger partial charge in [-0.2, -0.15) is 0 Å². The maximum Gasteiger partial charge on any atom is 0.277 e. The molecule has 0 aromatic carbocycles. The zero-order chi connectivity index (χ0) is 16.9. The van der Waals surface area contributed by atoms with E-state index in [1.807, 2.05) is 19.9 Å². The third-order valence-electron chi connectivity index (χ3n) is 4.00. The van der Waals surface area contributed by atoms with E-state index < -0.39 is 0 Å². The molecule has 1 aliphatic heterocycles. The number of thiazole rings is 1. The number of carbonyl (C=O) groups excluding carboxylic acids is 1. The Labute approximate surface area is 145 Å². The Kier molecular flexibility index (Phi) is 5.42. The Morgan fingerprint density at radius 3 is 2.92 bits per heavy atom. The molecule has 1 fully saturated rings. The number of carbonyl (C=O) groups is 1. The highest BCUT2D eigenvalue weighted by Gasteiger charge is 2.19. The summed E-state index contributed by atoms with van der Waals surface area (Å²) in [6, 6.07) is 3.62. The molecular weight excluding hydrogens is 324 g/mol. The number of pyridine rings is 1. The normalized spacial score (nSPS) is 15.2. The Hall–Kier alpha value is -1.99. The van der Waals surface area contributed by atoms with Gasteiger partial charge >= 0.3 is 0 Å². The van der Waals surface area contributed by atoms with Crippen molar-refractivity contribution in [2.75, 3.05) is 30.4 Å². The molecule has 2 aromatic rings. The molecule has 1 aliphatic rings. The van der Waals surface area contributed by atoms with Crippen molar-refractivity contribution in [2.45, 2.75) is 26.7 Å². The van der Waals surface area contributed by atoms with E-state index in [1.54, 1.807) is 12.3 Å². The molecule has 24 heavy (non-hydrogen) atoms. The Bertz CT molecular complexity index is 710. The molecule has 0 bridgehead atoms. The second-order valence-corrected chi connectivity index (χ2v) is 7.19. The summed E-state index contributed by atoms with van der Waals surface area (Å²) in [5.41, 5.74) is 2.05. The lowest BCUT2D eigenvalue weighted by Gasteiger charge is -2.22. The Morgan fingerprint density at radius 1 is 1.38 bits per heavy atom. The lowest BCUT2D eigenvalue weighted by Crippen LogP contribution is -2.23. The van der Waals surface area contributed by atoms with E-state index in [-0.39, 0.29) is 5.91 Å². The van der Waals surface area contributed by atoms with Crippen LogP contribution in [-0.2, 0) is 4.74 Å². The molecule has 128 valence electrons. The van der Waals surface area contributed by atoms with Crippen LogP contribution in [0.5, 0.6) is 0 Å². The molecule has 0 saturated carbocycles. The van der Waals surface area contributed by atoms with E-state index in [9.17, 15) is 4.79 Å². The summed E-state index contributed by atoms with van der Waals surface area (Å²) in [6.45, 7) is 6.30. The lowest BCUT2D eigenvalue weighted by atomic mass is 10.0. The van der Waals surface area contributed by atoms with Crippen molar-refractivity contribution in [1.82, 2.24) is 9.97 Å². The van der Waals surface area contributed by atoms with Gasteiger partial charge in [0.05, 0.1) is 5.01 Å². The SMILES string of the molecule is Cc1cc(NC(=O)c2nc(C)sc2NCC2CCOCC2)ccn1. The second-order valence-electron chi connectivity index (χ2n) is 5.99. The van der Waals surface area contributed by atoms with Gasteiger partial charge in [0, 0.05) is 37.3 Å². The van der Waals surface area contributed by atoms with Crippen LogP contribution in [0.3, 0.4) is 0 Å². The van der Waals surface area contributed by atoms with Gasteiger partial charge in [-0.1, -0.05) is 0 Å². The van der Waals surface area contributed by atoms with Gasteiger partial charge in [-0.05, 0) is 44.7 Å². The molecular formula is C17H22N4O2S. The number of aryl methyl sites for hydroxylation is 2. The number of nitrogens with zero attached hydrogens (tertiary/aromatic N) is 2. The standard InChI is InChI=1S/C17H22N4O2S/c1-11-9-14(3-6-18-11)21-16(22)15-17(24-12(2)20-15)19-10-13-4-7-23-8-5-13/h3,6,9,13,19H,4-5,7-8,10H2,1-2H3,(H,18,21,22). The third-order valence-corrected chi connectivity index (χ3v) is 4.92. The summed E-state index contributed by atoms with van der Waals surface area (Å²) in [4.78, 5) is 21.1. The summed E-state index contributed by atoms with van der Waals surface area (Å²) in [7, 11) is 0. The van der Waals surface area contributed by atoms with Crippen LogP contribution in [0.15, 0.2) is 18.3 Å². The Morgan fingerprint density at radius 2 is 2.17 bits per heavy atom. The minimum Gasteiger partial charge on any atom is -0.381 e. The predicted octanol–water partition coefficient (Wildman–Crippen LogP) is 3.25. The highest BCUT2D eigenvalue weighted by Crippen LogP contribution is 2.26. The zero-order valence-corrected chi connectivity index (χ0v) is 14.8. The molecule has 6 nitrogen and oxygen atoms in total. The summed E-state index contributed by atoms with van der Waals surface area (Å²) < 4.78 is 5.39. The van der Waals surface area contributed by atoms with Crippen LogP contribution in [0.25, 0.3) is 0 Å². The monoisotopic (exact) mass is 346 g/mol. The van der Waals surface area contributed by atoms with E-state index in [4.69, 9.17) is 4.74 Å². The highest BCUT2D eigenvalue weighted by atomic mass is 32.1. The van der Waals surface area contributed by atoms with Gasteiger partial charge in [0.25, 0.3) is 5.91 Å². The van der Waals surface area contributed by atoms with Crippen molar-refractivity contribution in [3.8, 4) is 0 Å². The van der Waals surface area contributed by atoms with Crippen molar-refractivity contribution in [3.05, 3.63) is 34.7 Å². The van der Waals surface area contributed by atoms with Crippen molar-refractivity contribution >= 4 is 27.9 Å². The van der Waals surface area contributed by atoms with Crippen LogP contribution in [0.2, 0.25) is 0 Å². The minimum absolute atomic E-state index is 0.195. The molecule has 1 saturated heterocycles. The third kappa shape index (κ3) is 4.30. The number of amides is 1. The molecule has 2 N–H and O–H groups in total. The molecule has 1 amide bonds. The summed E-state index contributed by atoms with van der Waals surface area (Å²) in [5, 5.41) is 8.02. The largest absolute Gasteiger partial charge is 0.381 e. The van der Waals surface area contributed by atoms with Crippen LogP contribution >= 0.6 is 11.3 Å². The number of rotatable bonds is 5. The number of hydrogen-bond acceptors (Lipinski definition) is 6. The fraction of sp³-hybridized carbons (Fsp3) is 0.471. The number of aromatic nitrogens is 2. The molecule has 0 spiro atoms. The van der Waals surface area contributed by atoms with Gasteiger partial charge in [-0.25, -0.2) is 4.98 Å². The van der Waals surface area contributed by atoms with Crippen molar-refractivity contribution < 1.29 is 9.53 Å². The van der Waals surface area contributed by atoms with Crippen LogP contribution in [0, 0.1) is 19.8 Å². The van der Waals surface area contributed by atoms with E-state index in [2.05, 4.69) is 20.6 Å². The fourth-order valence-electron chi connectivity index (χ4n) is 2.70. The Balaban J connectivity index is 1.67. The van der Waals surface area contributed by atoms with Gasteiger partial charge in [-0.3, -0.25) is 9.78 Å². The van der Waals surface area contributed by atoms with Gasteiger partial charge < -0.3 is 15.4 Å². The number of ether oxygens (including phenoxy) is 1. The molecule has 3 heterocycles. The molecule has 0 radical (unpaired) electrons. The predicted molar refractivity (Wildman–Crippen MR) is 95.8 cm³/mol. The maximum absolute atomic E-state index is 12.6. The highest BCUT2D eigenvalue weighted by molar-refractivity contribution is 7.16. The lowest BCUT2D eigenvalue weighted by molar-refractivity contribution is 0.0699. The van der Waals surface area contributed by atoms with E-state index >= 15 is 0 Å². The summed E-state index contributed by atoms with van der Waals surface area (Å²) in [5.74, 6) is 0.388. The van der Waals surface area contributed by atoms with Gasteiger partial charge in [0.2, 0.25) is 0 Å². The van der Waals surface area contributed by atoms with Crippen LogP contribution in [0.4, 0.5) is 10.7 Å². The first kappa shape index (κ1) is 16.9.